The molecule has 1 atom stereocenters. The minimum absolute atomic E-state index is 0.123. The summed E-state index contributed by atoms with van der Waals surface area (Å²) in [5, 5.41) is 10.2. The Labute approximate surface area is 210 Å². The number of phenolic OH excluding ortho intramolecular Hbond substituents is 1. The van der Waals surface area contributed by atoms with Gasteiger partial charge in [0, 0.05) is 41.2 Å². The van der Waals surface area contributed by atoms with E-state index in [-0.39, 0.29) is 29.0 Å². The zero-order valence-electron chi connectivity index (χ0n) is 20.1. The largest absolute Gasteiger partial charge is 0.508 e. The number of aromatic nitrogens is 2. The van der Waals surface area contributed by atoms with Crippen LogP contribution < -0.4 is 25.3 Å². The smallest absolute Gasteiger partial charge is 0.312 e. The van der Waals surface area contributed by atoms with Gasteiger partial charge in [0.25, 0.3) is 11.1 Å². The molecule has 0 spiro atoms. The SMILES string of the molecule is Cc1cc2c(c(=O)n1CCc1ccc(O)cc1)C(c1cc3cc4c(cc3[nH]c1=O)OCCO4)CC(=O)O2. The molecule has 0 saturated carbocycles. The van der Waals surface area contributed by atoms with E-state index >= 15 is 0 Å². The van der Waals surface area contributed by atoms with Crippen molar-refractivity contribution in [3.05, 3.63) is 91.6 Å². The second kappa shape index (κ2) is 8.85. The number of phenols is 1. The molecule has 1 unspecified atom stereocenters. The summed E-state index contributed by atoms with van der Waals surface area (Å²) in [6, 6.07) is 13.7. The zero-order valence-corrected chi connectivity index (χ0v) is 20.1. The van der Waals surface area contributed by atoms with E-state index in [1.165, 1.54) is 0 Å². The van der Waals surface area contributed by atoms with E-state index in [1.54, 1.807) is 60.0 Å². The average molecular weight is 501 g/mol. The molecule has 2 aliphatic heterocycles. The van der Waals surface area contributed by atoms with Crippen LogP contribution in [-0.2, 0) is 17.8 Å². The van der Waals surface area contributed by atoms with Crippen molar-refractivity contribution in [1.82, 2.24) is 9.55 Å². The Morgan fingerprint density at radius 2 is 1.70 bits per heavy atom. The number of nitrogens with zero attached hydrogens (tertiary/aromatic N) is 1. The van der Waals surface area contributed by atoms with E-state index in [2.05, 4.69) is 4.98 Å². The quantitative estimate of drug-likeness (QED) is 0.413. The fourth-order valence-corrected chi connectivity index (χ4v) is 5.06. The molecule has 0 bridgehead atoms. The van der Waals surface area contributed by atoms with Gasteiger partial charge in [0.05, 0.1) is 17.5 Å². The molecule has 2 N–H and O–H groups in total. The maximum atomic E-state index is 13.7. The number of H-pyrrole nitrogens is 1. The second-order valence-electron chi connectivity index (χ2n) is 9.30. The van der Waals surface area contributed by atoms with Crippen LogP contribution in [0.15, 0.2) is 58.1 Å². The lowest BCUT2D eigenvalue weighted by atomic mass is 9.87. The molecule has 0 fully saturated rings. The van der Waals surface area contributed by atoms with Gasteiger partial charge in [-0.2, -0.15) is 0 Å². The standard InChI is InChI=1S/C28H24N2O7/c1-15-10-24-26(28(34)30(15)7-6-16-2-4-18(31)5-3-16)19(13-25(32)37-24)20-11-17-12-22-23(36-9-8-35-22)14-21(17)29-27(20)33/h2-5,10-12,14,19,31H,6-9,13H2,1H3,(H,29,33). The molecule has 2 aliphatic rings. The molecule has 188 valence electrons. The highest BCUT2D eigenvalue weighted by molar-refractivity contribution is 5.84. The monoisotopic (exact) mass is 500 g/mol. The number of aryl methyl sites for hydroxylation is 2. The molecule has 0 aliphatic carbocycles. The van der Waals surface area contributed by atoms with Crippen molar-refractivity contribution >= 4 is 16.9 Å². The van der Waals surface area contributed by atoms with Crippen molar-refractivity contribution < 1.29 is 24.1 Å². The lowest BCUT2D eigenvalue weighted by Crippen LogP contribution is -2.35. The summed E-state index contributed by atoms with van der Waals surface area (Å²) in [6.07, 6.45) is 0.441. The van der Waals surface area contributed by atoms with Gasteiger partial charge in [-0.05, 0) is 43.2 Å². The average Bonchev–Trinajstić information content (AvgIpc) is 2.87. The molecular weight excluding hydrogens is 476 g/mol. The van der Waals surface area contributed by atoms with Crippen LogP contribution in [0.4, 0.5) is 0 Å². The van der Waals surface area contributed by atoms with Crippen LogP contribution in [0.2, 0.25) is 0 Å². The molecule has 4 aromatic rings. The molecule has 2 aromatic heterocycles. The fourth-order valence-electron chi connectivity index (χ4n) is 5.06. The van der Waals surface area contributed by atoms with Crippen LogP contribution in [-0.4, -0.2) is 33.8 Å². The third-order valence-corrected chi connectivity index (χ3v) is 6.92. The summed E-state index contributed by atoms with van der Waals surface area (Å²) < 4.78 is 18.4. The Hall–Kier alpha value is -4.53. The normalized spacial score (nSPS) is 16.4. The number of rotatable bonds is 4. The number of aromatic hydroxyl groups is 1. The first-order valence-electron chi connectivity index (χ1n) is 12.1. The van der Waals surface area contributed by atoms with Gasteiger partial charge in [-0.1, -0.05) is 12.1 Å². The Kier molecular flexibility index (Phi) is 5.48. The van der Waals surface area contributed by atoms with E-state index in [1.807, 2.05) is 0 Å². The number of hydrogen-bond acceptors (Lipinski definition) is 7. The van der Waals surface area contributed by atoms with Gasteiger partial charge in [0.15, 0.2) is 11.5 Å². The topological polar surface area (TPSA) is 120 Å². The predicted molar refractivity (Wildman–Crippen MR) is 135 cm³/mol. The number of pyridine rings is 2. The zero-order chi connectivity index (χ0) is 25.7. The summed E-state index contributed by atoms with van der Waals surface area (Å²) in [6.45, 7) is 3.03. The van der Waals surface area contributed by atoms with Crippen LogP contribution in [0, 0.1) is 6.92 Å². The molecule has 2 aromatic carbocycles. The summed E-state index contributed by atoms with van der Waals surface area (Å²) in [7, 11) is 0. The molecule has 37 heavy (non-hydrogen) atoms. The highest BCUT2D eigenvalue weighted by Crippen LogP contribution is 2.38. The molecule has 0 radical (unpaired) electrons. The summed E-state index contributed by atoms with van der Waals surface area (Å²) >= 11 is 0. The van der Waals surface area contributed by atoms with Crippen LogP contribution in [0.5, 0.6) is 23.0 Å². The van der Waals surface area contributed by atoms with Gasteiger partial charge in [-0.25, -0.2) is 0 Å². The number of carbonyl (C=O) groups is 1. The van der Waals surface area contributed by atoms with Gasteiger partial charge >= 0.3 is 5.97 Å². The fraction of sp³-hybridized carbons (Fsp3) is 0.250. The first-order valence-corrected chi connectivity index (χ1v) is 12.1. The maximum Gasteiger partial charge on any atom is 0.312 e. The number of hydrogen-bond donors (Lipinski definition) is 2. The molecule has 0 saturated heterocycles. The van der Waals surface area contributed by atoms with Crippen LogP contribution >= 0.6 is 0 Å². The molecule has 6 rings (SSSR count). The van der Waals surface area contributed by atoms with Gasteiger partial charge in [-0.15, -0.1) is 0 Å². The number of nitrogens with one attached hydrogen (secondary N) is 1. The van der Waals surface area contributed by atoms with Gasteiger partial charge in [0.1, 0.15) is 24.7 Å². The third-order valence-electron chi connectivity index (χ3n) is 6.92. The first-order chi connectivity index (χ1) is 17.9. The minimum Gasteiger partial charge on any atom is -0.508 e. The number of benzene rings is 2. The first kappa shape index (κ1) is 22.9. The number of fused-ring (bicyclic) bond motifs is 3. The Balaban J connectivity index is 1.43. The summed E-state index contributed by atoms with van der Waals surface area (Å²) in [4.78, 5) is 42.4. The molecule has 4 heterocycles. The van der Waals surface area contributed by atoms with Crippen molar-refractivity contribution in [3.63, 3.8) is 0 Å². The van der Waals surface area contributed by atoms with Crippen molar-refractivity contribution in [2.75, 3.05) is 13.2 Å². The third kappa shape index (κ3) is 4.12. The van der Waals surface area contributed by atoms with Crippen LogP contribution in [0.1, 0.15) is 34.7 Å². The highest BCUT2D eigenvalue weighted by atomic mass is 16.6. The second-order valence-corrected chi connectivity index (χ2v) is 9.30. The van der Waals surface area contributed by atoms with Crippen molar-refractivity contribution in [2.45, 2.75) is 32.2 Å². The molecular formula is C28H24N2O7. The molecule has 9 heteroatoms. The number of aromatic amines is 1. The van der Waals surface area contributed by atoms with E-state index in [9.17, 15) is 19.5 Å². The molecule has 0 amide bonds. The Morgan fingerprint density at radius 1 is 0.973 bits per heavy atom. The number of esters is 1. The highest BCUT2D eigenvalue weighted by Gasteiger charge is 2.34. The lowest BCUT2D eigenvalue weighted by molar-refractivity contribution is -0.135. The van der Waals surface area contributed by atoms with Gasteiger partial charge in [-0.3, -0.25) is 14.4 Å². The van der Waals surface area contributed by atoms with Gasteiger partial charge in [0.2, 0.25) is 0 Å². The summed E-state index contributed by atoms with van der Waals surface area (Å²) in [5.41, 5.74) is 2.11. The van der Waals surface area contributed by atoms with E-state index in [4.69, 9.17) is 14.2 Å². The Morgan fingerprint density at radius 3 is 2.46 bits per heavy atom. The Bertz CT molecular complexity index is 1670. The van der Waals surface area contributed by atoms with E-state index < -0.39 is 11.9 Å². The van der Waals surface area contributed by atoms with Crippen LogP contribution in [0.25, 0.3) is 10.9 Å². The predicted octanol–water partition coefficient (Wildman–Crippen LogP) is 3.16. The summed E-state index contributed by atoms with van der Waals surface area (Å²) in [5.74, 6) is 0.237. The number of carbonyl (C=O) groups excluding carboxylic acids is 1. The van der Waals surface area contributed by atoms with Gasteiger partial charge < -0.3 is 28.9 Å². The maximum absolute atomic E-state index is 13.7. The minimum atomic E-state index is -0.759. The van der Waals surface area contributed by atoms with Crippen molar-refractivity contribution in [1.29, 1.82) is 0 Å². The van der Waals surface area contributed by atoms with Crippen molar-refractivity contribution in [3.8, 4) is 23.0 Å². The van der Waals surface area contributed by atoms with Crippen molar-refractivity contribution in [2.24, 2.45) is 0 Å². The number of ether oxygens (including phenoxy) is 3. The van der Waals surface area contributed by atoms with E-state index in [0.717, 1.165) is 5.56 Å². The lowest BCUT2D eigenvalue weighted by Gasteiger charge is -2.26. The molecule has 9 nitrogen and oxygen atoms in total. The van der Waals surface area contributed by atoms with Crippen LogP contribution in [0.3, 0.4) is 0 Å². The van der Waals surface area contributed by atoms with E-state index in [0.29, 0.717) is 65.4 Å².